The Bertz CT molecular complexity index is 227. The average Bonchev–Trinajstić information content (AvgIpc) is 2.33. The molecule has 1 rings (SSSR count). The topological polar surface area (TPSA) is 27.0 Å². The van der Waals surface area contributed by atoms with Gasteiger partial charge in [0, 0.05) is 12.6 Å². The third-order valence-corrected chi connectivity index (χ3v) is 3.63. The fraction of sp³-hybridized carbons (Fsp3) is 0.909. The van der Waals surface area contributed by atoms with Gasteiger partial charge in [-0.25, -0.2) is 0 Å². The van der Waals surface area contributed by atoms with Crippen LogP contribution in [0.25, 0.3) is 0 Å². The Morgan fingerprint density at radius 3 is 2.15 bits per heavy atom. The smallest absolute Gasteiger partial charge is 0.103 e. The molecule has 1 saturated heterocycles. The summed E-state index contributed by atoms with van der Waals surface area (Å²) in [4.78, 5) is 2.32. The van der Waals surface area contributed by atoms with Gasteiger partial charge in [-0.2, -0.15) is 5.26 Å². The Morgan fingerprint density at radius 2 is 1.85 bits per heavy atom. The summed E-state index contributed by atoms with van der Waals surface area (Å²) >= 11 is 0. The first-order chi connectivity index (χ1) is 5.90. The van der Waals surface area contributed by atoms with Gasteiger partial charge in [0.25, 0.3) is 0 Å². The number of hydrogen-bond donors (Lipinski definition) is 0. The lowest BCUT2D eigenvalue weighted by atomic mass is 9.95. The fourth-order valence-electron chi connectivity index (χ4n) is 2.20. The van der Waals surface area contributed by atoms with Crippen LogP contribution in [0.5, 0.6) is 0 Å². The molecule has 1 aliphatic heterocycles. The number of nitriles is 1. The summed E-state index contributed by atoms with van der Waals surface area (Å²) in [6, 6.07) is 2.91. The zero-order valence-electron chi connectivity index (χ0n) is 9.33. The van der Waals surface area contributed by atoms with Gasteiger partial charge in [-0.05, 0) is 32.6 Å². The molecule has 2 heteroatoms. The maximum absolute atomic E-state index is 9.05. The van der Waals surface area contributed by atoms with Gasteiger partial charge < -0.3 is 0 Å². The Labute approximate surface area is 81.5 Å². The van der Waals surface area contributed by atoms with Crippen molar-refractivity contribution in [1.82, 2.24) is 4.90 Å². The minimum Gasteiger partial charge on any atom is -0.283 e. The van der Waals surface area contributed by atoms with Gasteiger partial charge in [0.1, 0.15) is 5.54 Å². The van der Waals surface area contributed by atoms with E-state index in [-0.39, 0.29) is 5.54 Å². The molecule has 1 aliphatic rings. The van der Waals surface area contributed by atoms with Crippen LogP contribution in [-0.2, 0) is 0 Å². The summed E-state index contributed by atoms with van der Waals surface area (Å²) in [7, 11) is 0. The molecule has 0 saturated carbocycles. The molecule has 3 unspecified atom stereocenters. The molecule has 0 bridgehead atoms. The number of nitrogens with zero attached hydrogens (tertiary/aromatic N) is 2. The van der Waals surface area contributed by atoms with Crippen LogP contribution in [0.15, 0.2) is 0 Å². The van der Waals surface area contributed by atoms with Crippen molar-refractivity contribution in [3.05, 3.63) is 0 Å². The second-order valence-electron chi connectivity index (χ2n) is 4.90. The average molecular weight is 180 g/mol. The molecule has 0 aromatic rings. The lowest BCUT2D eigenvalue weighted by molar-refractivity contribution is 0.148. The molecule has 1 fully saturated rings. The van der Waals surface area contributed by atoms with Crippen LogP contribution in [0.4, 0.5) is 0 Å². The van der Waals surface area contributed by atoms with Crippen LogP contribution < -0.4 is 0 Å². The van der Waals surface area contributed by atoms with Gasteiger partial charge in [-0.1, -0.05) is 13.8 Å². The first-order valence-electron chi connectivity index (χ1n) is 5.08. The summed E-state index contributed by atoms with van der Waals surface area (Å²) in [6.45, 7) is 11.9. The van der Waals surface area contributed by atoms with Gasteiger partial charge in [0.05, 0.1) is 6.07 Å². The standard InChI is InChI=1S/C11H20N2/c1-8-6-13(10(3)9(8)2)11(4,5)7-12/h8-10H,6H2,1-5H3. The summed E-state index contributed by atoms with van der Waals surface area (Å²) in [5, 5.41) is 9.05. The van der Waals surface area contributed by atoms with E-state index in [0.29, 0.717) is 17.9 Å². The molecular weight excluding hydrogens is 160 g/mol. The Kier molecular flexibility index (Phi) is 2.68. The molecule has 0 aliphatic carbocycles. The lowest BCUT2D eigenvalue weighted by Crippen LogP contribution is -2.45. The maximum atomic E-state index is 9.05. The maximum Gasteiger partial charge on any atom is 0.103 e. The summed E-state index contributed by atoms with van der Waals surface area (Å²) < 4.78 is 0. The van der Waals surface area contributed by atoms with Crippen LogP contribution in [-0.4, -0.2) is 23.0 Å². The van der Waals surface area contributed by atoms with E-state index in [4.69, 9.17) is 5.26 Å². The first kappa shape index (κ1) is 10.5. The Morgan fingerprint density at radius 1 is 1.31 bits per heavy atom. The van der Waals surface area contributed by atoms with Crippen molar-refractivity contribution in [2.24, 2.45) is 11.8 Å². The quantitative estimate of drug-likeness (QED) is 0.619. The van der Waals surface area contributed by atoms with Crippen molar-refractivity contribution in [3.8, 4) is 6.07 Å². The highest BCUT2D eigenvalue weighted by Crippen LogP contribution is 2.33. The van der Waals surface area contributed by atoms with Crippen LogP contribution >= 0.6 is 0 Å². The molecule has 0 aromatic heterocycles. The van der Waals surface area contributed by atoms with E-state index >= 15 is 0 Å². The zero-order chi connectivity index (χ0) is 10.2. The predicted molar refractivity (Wildman–Crippen MR) is 54.2 cm³/mol. The third kappa shape index (κ3) is 1.71. The van der Waals surface area contributed by atoms with Crippen molar-refractivity contribution in [2.45, 2.75) is 46.2 Å². The van der Waals surface area contributed by atoms with E-state index in [2.05, 4.69) is 31.7 Å². The van der Waals surface area contributed by atoms with Gasteiger partial charge >= 0.3 is 0 Å². The van der Waals surface area contributed by atoms with E-state index in [1.165, 1.54) is 0 Å². The van der Waals surface area contributed by atoms with Crippen molar-refractivity contribution in [1.29, 1.82) is 5.26 Å². The highest BCUT2D eigenvalue weighted by atomic mass is 15.2. The summed E-state index contributed by atoms with van der Waals surface area (Å²) in [5.74, 6) is 1.41. The molecule has 0 radical (unpaired) electrons. The fourth-order valence-corrected chi connectivity index (χ4v) is 2.20. The minimum absolute atomic E-state index is 0.307. The van der Waals surface area contributed by atoms with E-state index in [1.807, 2.05) is 13.8 Å². The largest absolute Gasteiger partial charge is 0.283 e. The summed E-state index contributed by atoms with van der Waals surface area (Å²) in [5.41, 5.74) is -0.307. The highest BCUT2D eigenvalue weighted by molar-refractivity contribution is 5.06. The number of rotatable bonds is 1. The van der Waals surface area contributed by atoms with Crippen molar-refractivity contribution in [3.63, 3.8) is 0 Å². The monoisotopic (exact) mass is 180 g/mol. The molecule has 74 valence electrons. The van der Waals surface area contributed by atoms with Crippen LogP contribution in [0.3, 0.4) is 0 Å². The second-order valence-corrected chi connectivity index (χ2v) is 4.90. The molecule has 0 spiro atoms. The SMILES string of the molecule is CC1CN(C(C)(C)C#N)C(C)C1C. The zero-order valence-corrected chi connectivity index (χ0v) is 9.33. The molecule has 1 heterocycles. The number of hydrogen-bond acceptors (Lipinski definition) is 2. The molecule has 0 N–H and O–H groups in total. The molecular formula is C11H20N2. The second kappa shape index (κ2) is 3.31. The van der Waals surface area contributed by atoms with E-state index < -0.39 is 0 Å². The summed E-state index contributed by atoms with van der Waals surface area (Å²) in [6.07, 6.45) is 0. The minimum atomic E-state index is -0.307. The van der Waals surface area contributed by atoms with Crippen LogP contribution in [0.1, 0.15) is 34.6 Å². The van der Waals surface area contributed by atoms with Crippen molar-refractivity contribution >= 4 is 0 Å². The normalized spacial score (nSPS) is 36.2. The van der Waals surface area contributed by atoms with Crippen molar-refractivity contribution in [2.75, 3.05) is 6.54 Å². The van der Waals surface area contributed by atoms with Gasteiger partial charge in [-0.15, -0.1) is 0 Å². The molecule has 2 nitrogen and oxygen atoms in total. The Hall–Kier alpha value is -0.550. The molecule has 0 aromatic carbocycles. The van der Waals surface area contributed by atoms with Gasteiger partial charge in [0.2, 0.25) is 0 Å². The first-order valence-corrected chi connectivity index (χ1v) is 5.08. The third-order valence-electron chi connectivity index (χ3n) is 3.63. The number of likely N-dealkylation sites (tertiary alicyclic amines) is 1. The van der Waals surface area contributed by atoms with E-state index in [0.717, 1.165) is 6.54 Å². The Balaban J connectivity index is 2.81. The van der Waals surface area contributed by atoms with Crippen LogP contribution in [0.2, 0.25) is 0 Å². The highest BCUT2D eigenvalue weighted by Gasteiger charge is 2.40. The predicted octanol–water partition coefficient (Wildman–Crippen LogP) is 2.26. The van der Waals surface area contributed by atoms with E-state index in [9.17, 15) is 0 Å². The molecule has 0 amide bonds. The lowest BCUT2D eigenvalue weighted by Gasteiger charge is -2.33. The van der Waals surface area contributed by atoms with Crippen molar-refractivity contribution < 1.29 is 0 Å². The van der Waals surface area contributed by atoms with E-state index in [1.54, 1.807) is 0 Å². The van der Waals surface area contributed by atoms with Gasteiger partial charge in [0.15, 0.2) is 0 Å². The molecule has 13 heavy (non-hydrogen) atoms. The van der Waals surface area contributed by atoms with Crippen LogP contribution in [0, 0.1) is 23.2 Å². The molecule has 3 atom stereocenters. The van der Waals surface area contributed by atoms with Gasteiger partial charge in [-0.3, -0.25) is 4.90 Å².